The monoisotopic (exact) mass is 348 g/mol. The van der Waals surface area contributed by atoms with Crippen molar-refractivity contribution in [2.75, 3.05) is 39.8 Å². The second kappa shape index (κ2) is 7.87. The van der Waals surface area contributed by atoms with E-state index in [1.165, 1.54) is 37.8 Å². The van der Waals surface area contributed by atoms with Crippen molar-refractivity contribution in [3.05, 3.63) is 22.4 Å². The maximum Gasteiger partial charge on any atom is 0.193 e. The van der Waals surface area contributed by atoms with E-state index in [1.54, 1.807) is 11.3 Å². The summed E-state index contributed by atoms with van der Waals surface area (Å²) in [5.74, 6) is 1.09. The van der Waals surface area contributed by atoms with Crippen molar-refractivity contribution in [2.24, 2.45) is 10.4 Å². The average Bonchev–Trinajstić information content (AvgIpc) is 3.24. The van der Waals surface area contributed by atoms with E-state index < -0.39 is 0 Å². The first-order chi connectivity index (χ1) is 11.7. The number of nitrogens with one attached hydrogen (secondary N) is 1. The van der Waals surface area contributed by atoms with Gasteiger partial charge in [0.15, 0.2) is 5.96 Å². The number of guanidine groups is 1. The molecule has 0 radical (unpaired) electrons. The first-order valence-corrected chi connectivity index (χ1v) is 10.4. The zero-order valence-corrected chi connectivity index (χ0v) is 16.2. The van der Waals surface area contributed by atoms with Crippen LogP contribution in [0.2, 0.25) is 0 Å². The number of likely N-dealkylation sites (tertiary alicyclic amines) is 1. The zero-order chi connectivity index (χ0) is 17.0. The molecule has 1 aromatic heterocycles. The molecule has 0 aromatic carbocycles. The number of aliphatic imine (C=N–C) groups is 1. The highest BCUT2D eigenvalue weighted by Gasteiger charge is 2.43. The molecule has 3 rings (SSSR count). The SMILES string of the molecule is CCN(CC)C(CNC(=NC)N1CCC2(CCC2)C1)c1ccsc1. The molecular weight excluding hydrogens is 316 g/mol. The Balaban J connectivity index is 1.62. The van der Waals surface area contributed by atoms with Crippen LogP contribution in [0.3, 0.4) is 0 Å². The number of likely N-dealkylation sites (N-methyl/N-ethyl adjacent to an activating group) is 1. The number of nitrogens with zero attached hydrogens (tertiary/aromatic N) is 3. The van der Waals surface area contributed by atoms with E-state index >= 15 is 0 Å². The fraction of sp³-hybridized carbons (Fsp3) is 0.737. The predicted octanol–water partition coefficient (Wildman–Crippen LogP) is 3.58. The van der Waals surface area contributed by atoms with Crippen LogP contribution >= 0.6 is 11.3 Å². The Morgan fingerprint density at radius 3 is 2.67 bits per heavy atom. The Kier molecular flexibility index (Phi) is 5.82. The van der Waals surface area contributed by atoms with E-state index in [4.69, 9.17) is 0 Å². The lowest BCUT2D eigenvalue weighted by molar-refractivity contribution is 0.151. The Labute approximate surface area is 150 Å². The van der Waals surface area contributed by atoms with Crippen molar-refractivity contribution in [2.45, 2.75) is 45.6 Å². The summed E-state index contributed by atoms with van der Waals surface area (Å²) < 4.78 is 0. The highest BCUT2D eigenvalue weighted by molar-refractivity contribution is 7.07. The molecule has 1 saturated carbocycles. The largest absolute Gasteiger partial charge is 0.354 e. The first kappa shape index (κ1) is 17.7. The molecule has 0 amide bonds. The smallest absolute Gasteiger partial charge is 0.193 e. The summed E-state index contributed by atoms with van der Waals surface area (Å²) in [6.07, 6.45) is 5.59. The van der Waals surface area contributed by atoms with Crippen LogP contribution < -0.4 is 5.32 Å². The molecule has 1 unspecified atom stereocenters. The van der Waals surface area contributed by atoms with E-state index in [0.717, 1.165) is 32.1 Å². The maximum absolute atomic E-state index is 4.57. The Morgan fingerprint density at radius 2 is 2.17 bits per heavy atom. The molecule has 2 aliphatic rings. The van der Waals surface area contributed by atoms with Gasteiger partial charge in [0.1, 0.15) is 0 Å². The Bertz CT molecular complexity index is 532. The summed E-state index contributed by atoms with van der Waals surface area (Å²) in [5.41, 5.74) is 2.03. The van der Waals surface area contributed by atoms with Gasteiger partial charge in [-0.05, 0) is 60.2 Å². The number of hydrogen-bond acceptors (Lipinski definition) is 3. The van der Waals surface area contributed by atoms with Crippen LogP contribution in [0.25, 0.3) is 0 Å². The molecule has 4 nitrogen and oxygen atoms in total. The quantitative estimate of drug-likeness (QED) is 0.630. The minimum Gasteiger partial charge on any atom is -0.354 e. The molecule has 1 aliphatic carbocycles. The van der Waals surface area contributed by atoms with Crippen LogP contribution in [0.1, 0.15) is 51.1 Å². The highest BCUT2D eigenvalue weighted by Crippen LogP contribution is 2.47. The average molecular weight is 349 g/mol. The lowest BCUT2D eigenvalue weighted by Crippen LogP contribution is -2.45. The van der Waals surface area contributed by atoms with E-state index in [1.807, 2.05) is 7.05 Å². The number of thiophene rings is 1. The minimum atomic E-state index is 0.420. The Morgan fingerprint density at radius 1 is 1.38 bits per heavy atom. The summed E-state index contributed by atoms with van der Waals surface area (Å²) in [5, 5.41) is 8.14. The van der Waals surface area contributed by atoms with Crippen LogP contribution in [-0.4, -0.2) is 55.5 Å². The Hall–Kier alpha value is -1.07. The molecule has 1 atom stereocenters. The van der Waals surface area contributed by atoms with E-state index in [-0.39, 0.29) is 0 Å². The molecule has 1 spiro atoms. The molecule has 0 bridgehead atoms. The van der Waals surface area contributed by atoms with Crippen LogP contribution in [0, 0.1) is 5.41 Å². The van der Waals surface area contributed by atoms with E-state index in [9.17, 15) is 0 Å². The predicted molar refractivity (Wildman–Crippen MR) is 104 cm³/mol. The minimum absolute atomic E-state index is 0.420. The summed E-state index contributed by atoms with van der Waals surface area (Å²) in [6.45, 7) is 9.93. The van der Waals surface area contributed by atoms with Gasteiger partial charge < -0.3 is 10.2 Å². The van der Waals surface area contributed by atoms with E-state index in [2.05, 4.69) is 50.8 Å². The molecule has 134 valence electrons. The molecule has 5 heteroatoms. The summed E-state index contributed by atoms with van der Waals surface area (Å²) in [7, 11) is 1.92. The fourth-order valence-corrected chi connectivity index (χ4v) is 5.01. The van der Waals surface area contributed by atoms with Gasteiger partial charge in [-0.1, -0.05) is 20.3 Å². The van der Waals surface area contributed by atoms with Crippen molar-refractivity contribution in [3.63, 3.8) is 0 Å². The van der Waals surface area contributed by atoms with Crippen molar-refractivity contribution < 1.29 is 0 Å². The second-order valence-corrected chi connectivity index (χ2v) is 8.03. The van der Waals surface area contributed by atoms with Crippen LogP contribution in [0.4, 0.5) is 0 Å². The molecular formula is C19H32N4S. The van der Waals surface area contributed by atoms with Crippen molar-refractivity contribution in [1.29, 1.82) is 0 Å². The molecule has 24 heavy (non-hydrogen) atoms. The third-order valence-electron chi connectivity index (χ3n) is 6.00. The summed E-state index contributed by atoms with van der Waals surface area (Å²) in [4.78, 5) is 9.58. The van der Waals surface area contributed by atoms with Gasteiger partial charge in [0.05, 0.1) is 6.04 Å². The molecule has 2 fully saturated rings. The van der Waals surface area contributed by atoms with Gasteiger partial charge in [-0.25, -0.2) is 0 Å². The van der Waals surface area contributed by atoms with Crippen molar-refractivity contribution in [1.82, 2.24) is 15.1 Å². The lowest BCUT2D eigenvalue weighted by Gasteiger charge is -2.38. The van der Waals surface area contributed by atoms with Gasteiger partial charge in [0, 0.05) is 26.7 Å². The summed E-state index contributed by atoms with van der Waals surface area (Å²) >= 11 is 1.79. The van der Waals surface area contributed by atoms with Crippen LogP contribution in [0.5, 0.6) is 0 Å². The van der Waals surface area contributed by atoms with Crippen LogP contribution in [0.15, 0.2) is 21.8 Å². The lowest BCUT2D eigenvalue weighted by atomic mass is 9.68. The third-order valence-corrected chi connectivity index (χ3v) is 6.70. The topological polar surface area (TPSA) is 30.9 Å². The second-order valence-electron chi connectivity index (χ2n) is 7.25. The van der Waals surface area contributed by atoms with Gasteiger partial charge in [0.25, 0.3) is 0 Å². The van der Waals surface area contributed by atoms with Crippen LogP contribution in [-0.2, 0) is 0 Å². The molecule has 1 aliphatic heterocycles. The number of hydrogen-bond donors (Lipinski definition) is 1. The van der Waals surface area contributed by atoms with Crippen molar-refractivity contribution in [3.8, 4) is 0 Å². The third kappa shape index (κ3) is 3.62. The van der Waals surface area contributed by atoms with Crippen molar-refractivity contribution >= 4 is 17.3 Å². The van der Waals surface area contributed by atoms with Gasteiger partial charge in [-0.2, -0.15) is 11.3 Å². The first-order valence-electron chi connectivity index (χ1n) is 9.43. The molecule has 2 heterocycles. The van der Waals surface area contributed by atoms with Gasteiger partial charge in [-0.15, -0.1) is 0 Å². The standard InChI is InChI=1S/C19H32N4S/c1-4-22(5-2)17(16-7-12-24-14-16)13-21-18(20-3)23-11-10-19(15-23)8-6-9-19/h7,12,14,17H,4-6,8-11,13,15H2,1-3H3,(H,20,21). The van der Waals surface area contributed by atoms with Gasteiger partial charge in [0.2, 0.25) is 0 Å². The molecule has 1 N–H and O–H groups in total. The molecule has 1 aromatic rings. The zero-order valence-electron chi connectivity index (χ0n) is 15.4. The molecule has 1 saturated heterocycles. The van der Waals surface area contributed by atoms with Gasteiger partial charge in [-0.3, -0.25) is 9.89 Å². The number of rotatable bonds is 6. The maximum atomic E-state index is 4.57. The van der Waals surface area contributed by atoms with Gasteiger partial charge >= 0.3 is 0 Å². The highest BCUT2D eigenvalue weighted by atomic mass is 32.1. The fourth-order valence-electron chi connectivity index (χ4n) is 4.31. The summed E-state index contributed by atoms with van der Waals surface area (Å²) in [6, 6.07) is 2.68. The van der Waals surface area contributed by atoms with E-state index in [0.29, 0.717) is 11.5 Å². The normalized spacial score (nSPS) is 21.3.